The number of hydrogen-bond donors (Lipinski definition) is 3. The summed E-state index contributed by atoms with van der Waals surface area (Å²) in [5.74, 6) is 0.0684. The molecule has 2 aliphatic rings. The van der Waals surface area contributed by atoms with Crippen molar-refractivity contribution in [2.45, 2.75) is 44.8 Å². The van der Waals surface area contributed by atoms with E-state index in [1.807, 2.05) is 6.92 Å². The molecule has 3 unspecified atom stereocenters. The van der Waals surface area contributed by atoms with Crippen molar-refractivity contribution in [1.82, 2.24) is 15.5 Å². The highest BCUT2D eigenvalue weighted by Crippen LogP contribution is 2.19. The Bertz CT molecular complexity index is 367. The summed E-state index contributed by atoms with van der Waals surface area (Å²) in [5.41, 5.74) is 0. The number of halogens is 1. The van der Waals surface area contributed by atoms with Gasteiger partial charge in [-0.05, 0) is 19.3 Å². The molecule has 2 amide bonds. The molecule has 3 atom stereocenters. The van der Waals surface area contributed by atoms with Gasteiger partial charge in [0.25, 0.3) is 0 Å². The van der Waals surface area contributed by atoms with Crippen LogP contribution in [0, 0.1) is 5.92 Å². The number of aliphatic hydroxyl groups is 1. The SMILES string of the molecule is CCCC(=O)N1CCCC1C(=O)NCC1CNCC1O.Cl. The summed E-state index contributed by atoms with van der Waals surface area (Å²) in [5, 5.41) is 15.7. The van der Waals surface area contributed by atoms with E-state index in [1.165, 1.54) is 0 Å². The van der Waals surface area contributed by atoms with Gasteiger partial charge in [0.2, 0.25) is 11.8 Å². The van der Waals surface area contributed by atoms with Crippen LogP contribution in [0.4, 0.5) is 0 Å². The van der Waals surface area contributed by atoms with E-state index in [0.717, 1.165) is 25.8 Å². The molecule has 0 saturated carbocycles. The second-order valence-corrected chi connectivity index (χ2v) is 5.73. The highest BCUT2D eigenvalue weighted by atomic mass is 35.5. The Kier molecular flexibility index (Phi) is 7.42. The maximum Gasteiger partial charge on any atom is 0.242 e. The van der Waals surface area contributed by atoms with Crippen molar-refractivity contribution in [3.63, 3.8) is 0 Å². The molecule has 0 radical (unpaired) electrons. The Balaban J connectivity index is 0.00000220. The van der Waals surface area contributed by atoms with E-state index in [0.29, 0.717) is 26.1 Å². The molecule has 0 aromatic rings. The van der Waals surface area contributed by atoms with E-state index in [-0.39, 0.29) is 36.2 Å². The van der Waals surface area contributed by atoms with Crippen molar-refractivity contribution < 1.29 is 14.7 Å². The highest BCUT2D eigenvalue weighted by Gasteiger charge is 2.34. The first kappa shape index (κ1) is 18.2. The lowest BCUT2D eigenvalue weighted by molar-refractivity contribution is -0.138. The van der Waals surface area contributed by atoms with Crippen LogP contribution < -0.4 is 10.6 Å². The van der Waals surface area contributed by atoms with E-state index in [4.69, 9.17) is 0 Å². The number of nitrogens with zero attached hydrogens (tertiary/aromatic N) is 1. The lowest BCUT2D eigenvalue weighted by atomic mass is 10.1. The van der Waals surface area contributed by atoms with Crippen LogP contribution >= 0.6 is 12.4 Å². The minimum absolute atomic E-state index is 0. The minimum atomic E-state index is -0.392. The van der Waals surface area contributed by atoms with Crippen molar-refractivity contribution in [2.24, 2.45) is 5.92 Å². The molecule has 2 aliphatic heterocycles. The second kappa shape index (κ2) is 8.56. The predicted octanol–water partition coefficient (Wildman–Crippen LogP) is -0.104. The smallest absolute Gasteiger partial charge is 0.242 e. The standard InChI is InChI=1S/C14H25N3O3.ClH/c1-2-4-13(19)17-6-3-5-11(17)14(20)16-8-10-7-15-9-12(10)18;/h10-12,15,18H,2-9H2,1H3,(H,16,20);1H. The predicted molar refractivity (Wildman–Crippen MR) is 82.3 cm³/mol. The number of hydrogen-bond acceptors (Lipinski definition) is 4. The van der Waals surface area contributed by atoms with Crippen molar-refractivity contribution >= 4 is 24.2 Å². The number of aliphatic hydroxyl groups excluding tert-OH is 1. The average molecular weight is 320 g/mol. The monoisotopic (exact) mass is 319 g/mol. The van der Waals surface area contributed by atoms with Crippen LogP contribution in [0.1, 0.15) is 32.6 Å². The van der Waals surface area contributed by atoms with Crippen molar-refractivity contribution in [1.29, 1.82) is 0 Å². The third-order valence-corrected chi connectivity index (χ3v) is 4.18. The molecule has 2 heterocycles. The molecule has 0 aliphatic carbocycles. The first-order chi connectivity index (χ1) is 9.63. The first-order valence-electron chi connectivity index (χ1n) is 7.59. The maximum atomic E-state index is 12.2. The summed E-state index contributed by atoms with van der Waals surface area (Å²) < 4.78 is 0. The van der Waals surface area contributed by atoms with Crippen LogP contribution in [0.15, 0.2) is 0 Å². The number of nitrogens with one attached hydrogen (secondary N) is 2. The van der Waals surface area contributed by atoms with Gasteiger partial charge in [-0.2, -0.15) is 0 Å². The molecule has 3 N–H and O–H groups in total. The van der Waals surface area contributed by atoms with Gasteiger partial charge in [-0.3, -0.25) is 9.59 Å². The van der Waals surface area contributed by atoms with Gasteiger partial charge in [0.15, 0.2) is 0 Å². The molecule has 2 fully saturated rings. The number of rotatable bonds is 5. The summed E-state index contributed by atoms with van der Waals surface area (Å²) in [6, 6.07) is -0.319. The Morgan fingerprint density at radius 1 is 1.38 bits per heavy atom. The van der Waals surface area contributed by atoms with Gasteiger partial charge in [0.1, 0.15) is 6.04 Å². The first-order valence-corrected chi connectivity index (χ1v) is 7.59. The van der Waals surface area contributed by atoms with Gasteiger partial charge in [-0.25, -0.2) is 0 Å². The molecule has 0 aromatic carbocycles. The molecule has 2 rings (SSSR count). The normalized spacial score (nSPS) is 28.3. The van der Waals surface area contributed by atoms with Gasteiger partial charge in [-0.1, -0.05) is 6.92 Å². The Labute approximate surface area is 132 Å². The summed E-state index contributed by atoms with van der Waals surface area (Å²) in [6.07, 6.45) is 2.56. The summed E-state index contributed by atoms with van der Waals surface area (Å²) in [4.78, 5) is 25.9. The maximum absolute atomic E-state index is 12.2. The lowest BCUT2D eigenvalue weighted by Gasteiger charge is -2.24. The zero-order chi connectivity index (χ0) is 14.5. The third kappa shape index (κ3) is 4.56. The molecule has 21 heavy (non-hydrogen) atoms. The molecule has 0 spiro atoms. The van der Waals surface area contributed by atoms with E-state index in [9.17, 15) is 14.7 Å². The number of carbonyl (C=O) groups is 2. The Hall–Kier alpha value is -0.850. The average Bonchev–Trinajstić information content (AvgIpc) is 3.05. The van der Waals surface area contributed by atoms with Crippen LogP contribution in [0.5, 0.6) is 0 Å². The second-order valence-electron chi connectivity index (χ2n) is 5.73. The largest absolute Gasteiger partial charge is 0.391 e. The van der Waals surface area contributed by atoms with Crippen molar-refractivity contribution in [3.05, 3.63) is 0 Å². The van der Waals surface area contributed by atoms with Gasteiger partial charge in [-0.15, -0.1) is 12.4 Å². The molecular formula is C14H26ClN3O3. The number of amides is 2. The third-order valence-electron chi connectivity index (χ3n) is 4.18. The van der Waals surface area contributed by atoms with Crippen molar-refractivity contribution in [2.75, 3.05) is 26.2 Å². The van der Waals surface area contributed by atoms with E-state index >= 15 is 0 Å². The number of β-amino-alcohol motifs (C(OH)–C–C–N with tert-alkyl or cyclic N) is 1. The topological polar surface area (TPSA) is 81.7 Å². The number of carbonyl (C=O) groups excluding carboxylic acids is 2. The zero-order valence-electron chi connectivity index (χ0n) is 12.5. The van der Waals surface area contributed by atoms with E-state index < -0.39 is 6.10 Å². The molecule has 2 saturated heterocycles. The molecule has 0 bridgehead atoms. The van der Waals surface area contributed by atoms with Gasteiger partial charge >= 0.3 is 0 Å². The summed E-state index contributed by atoms with van der Waals surface area (Å²) in [7, 11) is 0. The van der Waals surface area contributed by atoms with Crippen LogP contribution in [-0.2, 0) is 9.59 Å². The zero-order valence-corrected chi connectivity index (χ0v) is 13.3. The van der Waals surface area contributed by atoms with Crippen LogP contribution in [0.3, 0.4) is 0 Å². The molecule has 6 nitrogen and oxygen atoms in total. The van der Waals surface area contributed by atoms with Gasteiger partial charge in [0.05, 0.1) is 6.10 Å². The minimum Gasteiger partial charge on any atom is -0.391 e. The van der Waals surface area contributed by atoms with Gasteiger partial charge in [0, 0.05) is 38.5 Å². The summed E-state index contributed by atoms with van der Waals surface area (Å²) in [6.45, 7) is 4.44. The number of likely N-dealkylation sites (tertiary alicyclic amines) is 1. The van der Waals surface area contributed by atoms with Crippen LogP contribution in [-0.4, -0.2) is 60.1 Å². The summed E-state index contributed by atoms with van der Waals surface area (Å²) >= 11 is 0. The molecule has 122 valence electrons. The van der Waals surface area contributed by atoms with Crippen molar-refractivity contribution in [3.8, 4) is 0 Å². The quantitative estimate of drug-likeness (QED) is 0.661. The fraction of sp³-hybridized carbons (Fsp3) is 0.857. The lowest BCUT2D eigenvalue weighted by Crippen LogP contribution is -2.47. The molecule has 0 aromatic heterocycles. The van der Waals surface area contributed by atoms with Crippen LogP contribution in [0.25, 0.3) is 0 Å². The van der Waals surface area contributed by atoms with E-state index in [2.05, 4.69) is 10.6 Å². The molecular weight excluding hydrogens is 294 g/mol. The fourth-order valence-corrected chi connectivity index (χ4v) is 2.97. The Morgan fingerprint density at radius 3 is 2.76 bits per heavy atom. The Morgan fingerprint density at radius 2 is 2.14 bits per heavy atom. The highest BCUT2D eigenvalue weighted by molar-refractivity contribution is 5.88. The molecule has 7 heteroatoms. The van der Waals surface area contributed by atoms with E-state index in [1.54, 1.807) is 4.90 Å². The van der Waals surface area contributed by atoms with Crippen LogP contribution in [0.2, 0.25) is 0 Å². The fourth-order valence-electron chi connectivity index (χ4n) is 2.97. The van der Waals surface area contributed by atoms with Gasteiger partial charge < -0.3 is 20.6 Å².